The third-order valence-corrected chi connectivity index (χ3v) is 5.43. The van der Waals surface area contributed by atoms with Gasteiger partial charge in [-0.05, 0) is 61.2 Å². The summed E-state index contributed by atoms with van der Waals surface area (Å²) in [4.78, 5) is 16.6. The van der Waals surface area contributed by atoms with Crippen molar-refractivity contribution in [1.82, 2.24) is 4.98 Å². The Hall–Kier alpha value is -1.98. The summed E-state index contributed by atoms with van der Waals surface area (Å²) in [5.41, 5.74) is 2.23. The highest BCUT2D eigenvalue weighted by molar-refractivity contribution is 6.42. The number of ether oxygens (including phenoxy) is 1. The van der Waals surface area contributed by atoms with E-state index in [0.717, 1.165) is 31.6 Å². The Labute approximate surface area is 203 Å². The smallest absolute Gasteiger partial charge is 0.255 e. The molecular weight excluding hydrogens is 478 g/mol. The largest absolute Gasteiger partial charge is 0.439 e. The first kappa shape index (κ1) is 25.3. The van der Waals surface area contributed by atoms with Crippen LogP contribution in [0.15, 0.2) is 60.8 Å². The second-order valence-corrected chi connectivity index (χ2v) is 7.91. The number of hydrogen-bond donors (Lipinski definition) is 1. The van der Waals surface area contributed by atoms with E-state index in [1.165, 1.54) is 17.8 Å². The topological polar surface area (TPSA) is 51.2 Å². The van der Waals surface area contributed by atoms with E-state index in [1.54, 1.807) is 24.3 Å². The number of halogens is 4. The number of amides is 1. The van der Waals surface area contributed by atoms with Gasteiger partial charge in [-0.1, -0.05) is 41.8 Å². The number of rotatable bonds is 9. The Balaban J connectivity index is 0.00000341. The molecule has 0 atom stereocenters. The van der Waals surface area contributed by atoms with Gasteiger partial charge in [0.25, 0.3) is 5.91 Å². The number of unbranched alkanes of at least 4 members (excludes halogenated alkanes) is 2. The Morgan fingerprint density at radius 1 is 0.935 bits per heavy atom. The average molecular weight is 500 g/mol. The highest BCUT2D eigenvalue weighted by Crippen LogP contribution is 2.24. The second-order valence-electron chi connectivity index (χ2n) is 6.71. The third-order valence-electron chi connectivity index (χ3n) is 4.42. The summed E-state index contributed by atoms with van der Waals surface area (Å²) in [5, 5.41) is 3.49. The number of anilines is 1. The molecule has 1 amide bonds. The number of benzene rings is 2. The molecule has 4 nitrogen and oxygen atoms in total. The molecule has 0 bridgehead atoms. The van der Waals surface area contributed by atoms with E-state index >= 15 is 0 Å². The van der Waals surface area contributed by atoms with Crippen molar-refractivity contribution in [2.75, 3.05) is 11.2 Å². The minimum absolute atomic E-state index is 0. The van der Waals surface area contributed by atoms with Gasteiger partial charge in [0.2, 0.25) is 5.88 Å². The molecule has 0 aliphatic carbocycles. The van der Waals surface area contributed by atoms with Crippen molar-refractivity contribution < 1.29 is 9.53 Å². The van der Waals surface area contributed by atoms with E-state index in [1.807, 2.05) is 12.1 Å². The summed E-state index contributed by atoms with van der Waals surface area (Å²) >= 11 is 17.5. The first-order valence-electron chi connectivity index (χ1n) is 9.60. The SMILES string of the molecule is Cl.O=C(Nc1ccc(Oc2ccc(CCCCCCl)cc2)nc1)c1ccc(Cl)c(Cl)c1. The zero-order valence-electron chi connectivity index (χ0n) is 16.6. The van der Waals surface area contributed by atoms with Crippen LogP contribution in [0.1, 0.15) is 35.2 Å². The second kappa shape index (κ2) is 12.8. The summed E-state index contributed by atoms with van der Waals surface area (Å²) < 4.78 is 5.78. The van der Waals surface area contributed by atoms with Gasteiger partial charge >= 0.3 is 0 Å². The van der Waals surface area contributed by atoms with Gasteiger partial charge in [0.05, 0.1) is 21.9 Å². The predicted octanol–water partition coefficient (Wildman–Crippen LogP) is 7.81. The molecule has 2 aromatic carbocycles. The van der Waals surface area contributed by atoms with Crippen molar-refractivity contribution in [1.29, 1.82) is 0 Å². The van der Waals surface area contributed by atoms with E-state index < -0.39 is 0 Å². The zero-order valence-corrected chi connectivity index (χ0v) is 19.7. The Kier molecular flexibility index (Phi) is 10.4. The molecule has 0 aliphatic heterocycles. The molecule has 0 unspecified atom stereocenters. The molecule has 0 fully saturated rings. The van der Waals surface area contributed by atoms with E-state index in [4.69, 9.17) is 39.5 Å². The monoisotopic (exact) mass is 498 g/mol. The molecule has 0 saturated carbocycles. The molecule has 0 spiro atoms. The van der Waals surface area contributed by atoms with Crippen LogP contribution in [-0.2, 0) is 6.42 Å². The van der Waals surface area contributed by atoms with Gasteiger partial charge in [-0.25, -0.2) is 4.98 Å². The molecule has 0 saturated heterocycles. The summed E-state index contributed by atoms with van der Waals surface area (Å²) in [6.45, 7) is 0. The van der Waals surface area contributed by atoms with Gasteiger partial charge in [0.15, 0.2) is 0 Å². The van der Waals surface area contributed by atoms with E-state index in [-0.39, 0.29) is 18.3 Å². The Morgan fingerprint density at radius 3 is 2.35 bits per heavy atom. The zero-order chi connectivity index (χ0) is 21.3. The number of aromatic nitrogens is 1. The molecule has 31 heavy (non-hydrogen) atoms. The number of pyridine rings is 1. The van der Waals surface area contributed by atoms with Gasteiger partial charge in [-0.3, -0.25) is 4.79 Å². The number of nitrogens with zero attached hydrogens (tertiary/aromatic N) is 1. The molecule has 164 valence electrons. The fourth-order valence-electron chi connectivity index (χ4n) is 2.80. The van der Waals surface area contributed by atoms with Crippen LogP contribution in [0.25, 0.3) is 0 Å². The van der Waals surface area contributed by atoms with Crippen LogP contribution < -0.4 is 10.1 Å². The number of alkyl halides is 1. The molecule has 0 radical (unpaired) electrons. The lowest BCUT2D eigenvalue weighted by atomic mass is 10.1. The number of carbonyl (C=O) groups is 1. The molecule has 8 heteroatoms. The van der Waals surface area contributed by atoms with Crippen LogP contribution in [0.5, 0.6) is 11.6 Å². The fourth-order valence-corrected chi connectivity index (χ4v) is 3.29. The lowest BCUT2D eigenvalue weighted by Gasteiger charge is -2.08. The molecule has 0 aliphatic rings. The Morgan fingerprint density at radius 2 is 1.71 bits per heavy atom. The van der Waals surface area contributed by atoms with Crippen molar-refractivity contribution in [2.45, 2.75) is 25.7 Å². The van der Waals surface area contributed by atoms with Crippen LogP contribution in [0.3, 0.4) is 0 Å². The number of nitrogens with one attached hydrogen (secondary N) is 1. The summed E-state index contributed by atoms with van der Waals surface area (Å²) in [6.07, 6.45) is 5.89. The molecule has 1 N–H and O–H groups in total. The fraction of sp³-hybridized carbons (Fsp3) is 0.217. The van der Waals surface area contributed by atoms with Crippen molar-refractivity contribution in [2.24, 2.45) is 0 Å². The minimum Gasteiger partial charge on any atom is -0.439 e. The summed E-state index contributed by atoms with van der Waals surface area (Å²) in [7, 11) is 0. The third kappa shape index (κ3) is 7.89. The normalized spacial score (nSPS) is 10.3. The van der Waals surface area contributed by atoms with E-state index in [0.29, 0.717) is 32.9 Å². The van der Waals surface area contributed by atoms with E-state index in [9.17, 15) is 4.79 Å². The molecule has 1 aromatic heterocycles. The van der Waals surface area contributed by atoms with Crippen LogP contribution >= 0.6 is 47.2 Å². The minimum atomic E-state index is -0.300. The number of aryl methyl sites for hydroxylation is 1. The van der Waals surface area contributed by atoms with Crippen molar-refractivity contribution in [3.63, 3.8) is 0 Å². The van der Waals surface area contributed by atoms with Gasteiger partial charge in [-0.2, -0.15) is 0 Å². The number of hydrogen-bond acceptors (Lipinski definition) is 3. The average Bonchev–Trinajstić information content (AvgIpc) is 2.75. The van der Waals surface area contributed by atoms with Crippen LogP contribution in [0, 0.1) is 0 Å². The first-order valence-corrected chi connectivity index (χ1v) is 10.9. The lowest BCUT2D eigenvalue weighted by Crippen LogP contribution is -2.12. The van der Waals surface area contributed by atoms with Gasteiger partial charge in [0.1, 0.15) is 5.75 Å². The summed E-state index contributed by atoms with van der Waals surface area (Å²) in [5.74, 6) is 1.57. The molecule has 3 aromatic rings. The van der Waals surface area contributed by atoms with E-state index in [2.05, 4.69) is 22.4 Å². The van der Waals surface area contributed by atoms with Gasteiger partial charge in [0, 0.05) is 17.5 Å². The predicted molar refractivity (Wildman–Crippen MR) is 131 cm³/mol. The highest BCUT2D eigenvalue weighted by atomic mass is 35.5. The van der Waals surface area contributed by atoms with Gasteiger partial charge < -0.3 is 10.1 Å². The maximum absolute atomic E-state index is 12.3. The Bertz CT molecular complexity index is 980. The maximum Gasteiger partial charge on any atom is 0.255 e. The maximum atomic E-state index is 12.3. The quantitative estimate of drug-likeness (QED) is 0.241. The first-order chi connectivity index (χ1) is 14.5. The van der Waals surface area contributed by atoms with Crippen molar-refractivity contribution in [3.05, 3.63) is 82.0 Å². The lowest BCUT2D eigenvalue weighted by molar-refractivity contribution is 0.102. The van der Waals surface area contributed by atoms with Gasteiger partial charge in [-0.15, -0.1) is 24.0 Å². The molecule has 3 rings (SSSR count). The van der Waals surface area contributed by atoms with Crippen LogP contribution in [0.2, 0.25) is 10.0 Å². The van der Waals surface area contributed by atoms with Crippen molar-refractivity contribution >= 4 is 58.8 Å². The van der Waals surface area contributed by atoms with Crippen LogP contribution in [-0.4, -0.2) is 16.8 Å². The van der Waals surface area contributed by atoms with Crippen molar-refractivity contribution in [3.8, 4) is 11.6 Å². The summed E-state index contributed by atoms with van der Waals surface area (Å²) in [6, 6.07) is 16.1. The number of carbonyl (C=O) groups excluding carboxylic acids is 1. The highest BCUT2D eigenvalue weighted by Gasteiger charge is 2.09. The molecule has 1 heterocycles. The van der Waals surface area contributed by atoms with Crippen LogP contribution in [0.4, 0.5) is 5.69 Å². The molecular formula is C23H22Cl4N2O2. The standard InChI is InChI=1S/C23H21Cl3N2O2.ClH/c24-13-3-1-2-4-16-5-9-19(10-6-16)30-22-12-8-18(15-27-22)28-23(29)17-7-11-20(25)21(26)14-17;/h5-12,14-15H,1-4,13H2,(H,28,29);1H.